The summed E-state index contributed by atoms with van der Waals surface area (Å²) in [5.41, 5.74) is 1.52. The van der Waals surface area contributed by atoms with Crippen molar-refractivity contribution in [1.29, 1.82) is 0 Å². The Morgan fingerprint density at radius 2 is 2.38 bits per heavy atom. The summed E-state index contributed by atoms with van der Waals surface area (Å²) in [6, 6.07) is 1.23. The summed E-state index contributed by atoms with van der Waals surface area (Å²) in [7, 11) is 0. The molecule has 0 bridgehead atoms. The van der Waals surface area contributed by atoms with Crippen molar-refractivity contribution in [2.45, 2.75) is 19.4 Å². The molecular weight excluding hydrogens is 230 g/mol. The van der Waals surface area contributed by atoms with Crippen LogP contribution in [0.3, 0.4) is 0 Å². The van der Waals surface area contributed by atoms with Crippen LogP contribution in [0.4, 0.5) is 11.5 Å². The number of fused-ring (bicyclic) bond motifs is 1. The van der Waals surface area contributed by atoms with Crippen molar-refractivity contribution in [3.63, 3.8) is 0 Å². The number of amides is 1. The average Bonchev–Trinajstić information content (AvgIpc) is 2.21. The Balaban J connectivity index is 2.35. The highest BCUT2D eigenvalue weighted by molar-refractivity contribution is 6.29. The van der Waals surface area contributed by atoms with Gasteiger partial charge in [-0.1, -0.05) is 11.6 Å². The Bertz CT molecular complexity index is 436. The summed E-state index contributed by atoms with van der Waals surface area (Å²) in [5, 5.41) is 14.9. The molecule has 86 valence electrons. The summed E-state index contributed by atoms with van der Waals surface area (Å²) in [6.07, 6.45) is 0.346. The summed E-state index contributed by atoms with van der Waals surface area (Å²) in [6.45, 7) is 1.79. The molecule has 5 nitrogen and oxygen atoms in total. The van der Waals surface area contributed by atoms with Gasteiger partial charge in [0, 0.05) is 6.61 Å². The number of hydrogen-bond donors (Lipinski definition) is 3. The van der Waals surface area contributed by atoms with Crippen LogP contribution in [0.15, 0.2) is 6.07 Å². The second-order valence-electron chi connectivity index (χ2n) is 3.68. The van der Waals surface area contributed by atoms with E-state index in [9.17, 15) is 4.79 Å². The normalized spacial score (nSPS) is 18.7. The van der Waals surface area contributed by atoms with E-state index in [1.54, 1.807) is 6.07 Å². The molecule has 1 atom stereocenters. The lowest BCUT2D eigenvalue weighted by atomic mass is 10.1. The van der Waals surface area contributed by atoms with Crippen LogP contribution in [-0.2, 0) is 4.79 Å². The lowest BCUT2D eigenvalue weighted by Crippen LogP contribution is -2.40. The highest BCUT2D eigenvalue weighted by Gasteiger charge is 2.27. The van der Waals surface area contributed by atoms with E-state index in [1.165, 1.54) is 0 Å². The third-order valence-corrected chi connectivity index (χ3v) is 2.67. The quantitative estimate of drug-likeness (QED) is 0.680. The number of nitrogens with one attached hydrogen (secondary N) is 2. The summed E-state index contributed by atoms with van der Waals surface area (Å²) in [4.78, 5) is 15.7. The lowest BCUT2D eigenvalue weighted by molar-refractivity contribution is -0.117. The molecule has 2 rings (SSSR count). The first kappa shape index (κ1) is 11.2. The molecule has 0 spiro atoms. The van der Waals surface area contributed by atoms with E-state index in [4.69, 9.17) is 16.7 Å². The SMILES string of the molecule is Cc1cc(Cl)nc2c1NC(=O)[C@H](CCO)N2. The van der Waals surface area contributed by atoms with E-state index < -0.39 is 6.04 Å². The molecule has 1 amide bonds. The zero-order valence-corrected chi connectivity index (χ0v) is 9.51. The molecule has 0 saturated heterocycles. The lowest BCUT2D eigenvalue weighted by Gasteiger charge is -2.26. The number of carbonyl (C=O) groups is 1. The monoisotopic (exact) mass is 241 g/mol. The van der Waals surface area contributed by atoms with Gasteiger partial charge in [0.2, 0.25) is 5.91 Å². The van der Waals surface area contributed by atoms with Gasteiger partial charge in [-0.25, -0.2) is 4.98 Å². The van der Waals surface area contributed by atoms with Crippen molar-refractivity contribution < 1.29 is 9.90 Å². The fourth-order valence-corrected chi connectivity index (χ4v) is 1.92. The zero-order chi connectivity index (χ0) is 11.7. The van der Waals surface area contributed by atoms with Crippen molar-refractivity contribution in [3.8, 4) is 0 Å². The van der Waals surface area contributed by atoms with Crippen LogP contribution < -0.4 is 10.6 Å². The maximum absolute atomic E-state index is 11.6. The van der Waals surface area contributed by atoms with Crippen molar-refractivity contribution in [1.82, 2.24) is 4.98 Å². The minimum atomic E-state index is -0.456. The van der Waals surface area contributed by atoms with Crippen LogP contribution in [0.5, 0.6) is 0 Å². The maximum atomic E-state index is 11.6. The van der Waals surface area contributed by atoms with Gasteiger partial charge in [-0.3, -0.25) is 4.79 Å². The second-order valence-corrected chi connectivity index (χ2v) is 4.07. The van der Waals surface area contributed by atoms with Crippen molar-refractivity contribution in [2.75, 3.05) is 17.2 Å². The minimum Gasteiger partial charge on any atom is -0.396 e. The summed E-state index contributed by atoms with van der Waals surface area (Å²) >= 11 is 5.83. The van der Waals surface area contributed by atoms with Gasteiger partial charge in [0.25, 0.3) is 0 Å². The molecule has 0 aromatic carbocycles. The fraction of sp³-hybridized carbons (Fsp3) is 0.400. The van der Waals surface area contributed by atoms with E-state index in [2.05, 4.69) is 15.6 Å². The third-order valence-electron chi connectivity index (χ3n) is 2.48. The fourth-order valence-electron chi connectivity index (χ4n) is 1.67. The molecular formula is C10H12ClN3O2. The van der Waals surface area contributed by atoms with Gasteiger partial charge >= 0.3 is 0 Å². The predicted octanol–water partition coefficient (Wildman–Crippen LogP) is 1.16. The van der Waals surface area contributed by atoms with Crippen LogP contribution in [0.25, 0.3) is 0 Å². The van der Waals surface area contributed by atoms with E-state index in [-0.39, 0.29) is 12.5 Å². The molecule has 3 N–H and O–H groups in total. The number of carbonyl (C=O) groups excluding carboxylic acids is 1. The number of hydrogen-bond acceptors (Lipinski definition) is 4. The molecule has 16 heavy (non-hydrogen) atoms. The third kappa shape index (κ3) is 1.96. The number of rotatable bonds is 2. The number of aliphatic hydroxyl groups is 1. The molecule has 0 fully saturated rings. The Morgan fingerprint density at radius 3 is 3.06 bits per heavy atom. The Labute approximate surface area is 97.8 Å². The van der Waals surface area contributed by atoms with Gasteiger partial charge in [0.15, 0.2) is 5.82 Å². The highest BCUT2D eigenvalue weighted by atomic mass is 35.5. The van der Waals surface area contributed by atoms with Crippen LogP contribution in [-0.4, -0.2) is 28.6 Å². The summed E-state index contributed by atoms with van der Waals surface area (Å²) in [5.74, 6) is 0.400. The van der Waals surface area contributed by atoms with Gasteiger partial charge in [-0.2, -0.15) is 0 Å². The smallest absolute Gasteiger partial charge is 0.247 e. The molecule has 1 aliphatic heterocycles. The molecule has 6 heteroatoms. The molecule has 1 aromatic rings. The Kier molecular flexibility index (Phi) is 2.98. The first-order valence-electron chi connectivity index (χ1n) is 4.97. The highest BCUT2D eigenvalue weighted by Crippen LogP contribution is 2.30. The van der Waals surface area contributed by atoms with Crippen LogP contribution in [0, 0.1) is 6.92 Å². The number of nitrogens with zero attached hydrogens (tertiary/aromatic N) is 1. The van der Waals surface area contributed by atoms with E-state index in [0.717, 1.165) is 5.56 Å². The van der Waals surface area contributed by atoms with Crippen LogP contribution in [0.2, 0.25) is 5.15 Å². The number of anilines is 2. The number of aryl methyl sites for hydroxylation is 1. The largest absolute Gasteiger partial charge is 0.396 e. The van der Waals surface area contributed by atoms with E-state index in [0.29, 0.717) is 23.1 Å². The number of halogens is 1. The number of pyridine rings is 1. The van der Waals surface area contributed by atoms with Gasteiger partial charge in [0.05, 0.1) is 5.69 Å². The molecule has 2 heterocycles. The Hall–Kier alpha value is -1.33. The van der Waals surface area contributed by atoms with Gasteiger partial charge in [-0.05, 0) is 25.0 Å². The molecule has 0 radical (unpaired) electrons. The first-order valence-corrected chi connectivity index (χ1v) is 5.35. The van der Waals surface area contributed by atoms with E-state index >= 15 is 0 Å². The van der Waals surface area contributed by atoms with Gasteiger partial charge in [-0.15, -0.1) is 0 Å². The molecule has 1 aromatic heterocycles. The zero-order valence-electron chi connectivity index (χ0n) is 8.75. The number of aromatic nitrogens is 1. The van der Waals surface area contributed by atoms with Crippen LogP contribution >= 0.6 is 11.6 Å². The van der Waals surface area contributed by atoms with Crippen molar-refractivity contribution in [3.05, 3.63) is 16.8 Å². The van der Waals surface area contributed by atoms with Gasteiger partial charge < -0.3 is 15.7 Å². The van der Waals surface area contributed by atoms with E-state index in [1.807, 2.05) is 6.92 Å². The molecule has 1 aliphatic rings. The number of aliphatic hydroxyl groups excluding tert-OH is 1. The van der Waals surface area contributed by atoms with Crippen molar-refractivity contribution >= 4 is 29.0 Å². The maximum Gasteiger partial charge on any atom is 0.247 e. The molecule has 0 unspecified atom stereocenters. The minimum absolute atomic E-state index is 0.0556. The topological polar surface area (TPSA) is 74.2 Å². The average molecular weight is 242 g/mol. The molecule has 0 saturated carbocycles. The standard InChI is InChI=1S/C10H12ClN3O2/c1-5-4-7(11)13-9-8(5)14-10(16)6(12-9)2-3-15/h4,6,15H,2-3H2,1H3,(H,12,13)(H,14,16)/t6-/m0/s1. The van der Waals surface area contributed by atoms with Gasteiger partial charge in [0.1, 0.15) is 11.2 Å². The van der Waals surface area contributed by atoms with Crippen LogP contribution in [0.1, 0.15) is 12.0 Å². The second kappa shape index (κ2) is 4.27. The molecule has 0 aliphatic carbocycles. The summed E-state index contributed by atoms with van der Waals surface area (Å²) < 4.78 is 0. The predicted molar refractivity (Wildman–Crippen MR) is 61.7 cm³/mol. The first-order chi connectivity index (χ1) is 7.61. The van der Waals surface area contributed by atoms with Crippen molar-refractivity contribution in [2.24, 2.45) is 0 Å². The Morgan fingerprint density at radius 1 is 1.62 bits per heavy atom.